The van der Waals surface area contributed by atoms with Gasteiger partial charge in [-0.1, -0.05) is 24.4 Å². The van der Waals surface area contributed by atoms with E-state index in [4.69, 9.17) is 17.3 Å². The Morgan fingerprint density at radius 3 is 2.85 bits per heavy atom. The molecule has 0 bridgehead atoms. The molecule has 2 rings (SSSR count). The van der Waals surface area contributed by atoms with E-state index in [9.17, 15) is 0 Å². The normalized spacial score (nSPS) is 18.9. The number of thiophene rings is 1. The highest BCUT2D eigenvalue weighted by Gasteiger charge is 2.23. The van der Waals surface area contributed by atoms with Crippen molar-refractivity contribution >= 4 is 22.9 Å². The number of rotatable bonds is 4. The van der Waals surface area contributed by atoms with Crippen molar-refractivity contribution < 1.29 is 0 Å². The van der Waals surface area contributed by atoms with E-state index in [-0.39, 0.29) is 0 Å². The maximum atomic E-state index is 6.02. The molecular weight excluding hydrogens is 202 g/mol. The summed E-state index contributed by atoms with van der Waals surface area (Å²) in [5.41, 5.74) is 6.02. The summed E-state index contributed by atoms with van der Waals surface area (Å²) < 4.78 is 0.869. The first-order valence-electron chi connectivity index (χ1n) is 4.74. The summed E-state index contributed by atoms with van der Waals surface area (Å²) in [5, 5.41) is 0. The van der Waals surface area contributed by atoms with Gasteiger partial charge in [0.1, 0.15) is 0 Å². The molecule has 3 heteroatoms. The Kier molecular flexibility index (Phi) is 2.92. The fraction of sp³-hybridized carbons (Fsp3) is 0.600. The molecule has 1 aromatic rings. The van der Waals surface area contributed by atoms with E-state index in [1.807, 2.05) is 6.07 Å². The summed E-state index contributed by atoms with van der Waals surface area (Å²) in [7, 11) is 0. The molecule has 1 heterocycles. The Balaban J connectivity index is 1.82. The SMILES string of the molecule is NC(Cc1ccc(Cl)s1)CC1CC1. The second-order valence-electron chi connectivity index (χ2n) is 3.85. The largest absolute Gasteiger partial charge is 0.327 e. The van der Waals surface area contributed by atoms with Crippen LogP contribution in [0.4, 0.5) is 0 Å². The molecule has 0 amide bonds. The van der Waals surface area contributed by atoms with Gasteiger partial charge < -0.3 is 5.73 Å². The van der Waals surface area contributed by atoms with Gasteiger partial charge in [0.25, 0.3) is 0 Å². The zero-order valence-electron chi connectivity index (χ0n) is 7.50. The molecule has 1 nitrogen and oxygen atoms in total. The average molecular weight is 216 g/mol. The first-order valence-corrected chi connectivity index (χ1v) is 5.93. The van der Waals surface area contributed by atoms with Crippen molar-refractivity contribution in [1.82, 2.24) is 0 Å². The van der Waals surface area contributed by atoms with Crippen LogP contribution >= 0.6 is 22.9 Å². The van der Waals surface area contributed by atoms with Gasteiger partial charge in [-0.15, -0.1) is 11.3 Å². The van der Waals surface area contributed by atoms with Crippen LogP contribution in [-0.2, 0) is 6.42 Å². The third kappa shape index (κ3) is 2.97. The van der Waals surface area contributed by atoms with Crippen LogP contribution in [0.2, 0.25) is 4.34 Å². The number of hydrogen-bond donors (Lipinski definition) is 1. The predicted molar refractivity (Wildman–Crippen MR) is 58.3 cm³/mol. The lowest BCUT2D eigenvalue weighted by Crippen LogP contribution is -2.22. The third-order valence-corrected chi connectivity index (χ3v) is 3.68. The topological polar surface area (TPSA) is 26.0 Å². The second-order valence-corrected chi connectivity index (χ2v) is 5.65. The van der Waals surface area contributed by atoms with Gasteiger partial charge in [0.15, 0.2) is 0 Å². The predicted octanol–water partition coefficient (Wildman–Crippen LogP) is 3.07. The lowest BCUT2D eigenvalue weighted by molar-refractivity contribution is 0.570. The molecule has 1 aliphatic rings. The first-order chi connectivity index (χ1) is 6.24. The number of hydrogen-bond acceptors (Lipinski definition) is 2. The van der Waals surface area contributed by atoms with E-state index >= 15 is 0 Å². The minimum atomic E-state index is 0.335. The molecule has 13 heavy (non-hydrogen) atoms. The van der Waals surface area contributed by atoms with Crippen LogP contribution in [0.25, 0.3) is 0 Å². The van der Waals surface area contributed by atoms with E-state index in [0.29, 0.717) is 6.04 Å². The fourth-order valence-corrected chi connectivity index (χ4v) is 2.77. The summed E-state index contributed by atoms with van der Waals surface area (Å²) in [6.07, 6.45) is 4.96. The molecule has 0 spiro atoms. The summed E-state index contributed by atoms with van der Waals surface area (Å²) in [5.74, 6) is 0.922. The minimum Gasteiger partial charge on any atom is -0.327 e. The first kappa shape index (κ1) is 9.50. The maximum Gasteiger partial charge on any atom is 0.0931 e. The van der Waals surface area contributed by atoms with Crippen LogP contribution in [0, 0.1) is 5.92 Å². The minimum absolute atomic E-state index is 0.335. The molecule has 1 unspecified atom stereocenters. The lowest BCUT2D eigenvalue weighted by atomic mass is 10.1. The monoisotopic (exact) mass is 215 g/mol. The molecule has 1 fully saturated rings. The molecule has 0 radical (unpaired) electrons. The molecule has 1 aliphatic carbocycles. The molecule has 1 aromatic heterocycles. The van der Waals surface area contributed by atoms with Gasteiger partial charge in [0.05, 0.1) is 4.34 Å². The highest BCUT2D eigenvalue weighted by atomic mass is 35.5. The maximum absolute atomic E-state index is 6.02. The number of halogens is 1. The van der Waals surface area contributed by atoms with Crippen molar-refractivity contribution in [2.24, 2.45) is 11.7 Å². The second kappa shape index (κ2) is 3.99. The fourth-order valence-electron chi connectivity index (χ4n) is 1.58. The van der Waals surface area contributed by atoms with E-state index in [1.165, 1.54) is 24.1 Å². The Bertz CT molecular complexity index is 280. The van der Waals surface area contributed by atoms with Crippen LogP contribution in [0.3, 0.4) is 0 Å². The molecule has 72 valence electrons. The van der Waals surface area contributed by atoms with Crippen molar-refractivity contribution in [3.05, 3.63) is 21.3 Å². The highest BCUT2D eigenvalue weighted by molar-refractivity contribution is 7.16. The summed E-state index contributed by atoms with van der Waals surface area (Å²) in [4.78, 5) is 1.32. The van der Waals surface area contributed by atoms with Crippen molar-refractivity contribution in [3.63, 3.8) is 0 Å². The lowest BCUT2D eigenvalue weighted by Gasteiger charge is -2.08. The van der Waals surface area contributed by atoms with Gasteiger partial charge >= 0.3 is 0 Å². The third-order valence-electron chi connectivity index (χ3n) is 2.43. The van der Waals surface area contributed by atoms with Crippen LogP contribution in [0.1, 0.15) is 24.1 Å². The Labute approximate surface area is 87.9 Å². The molecule has 0 saturated heterocycles. The van der Waals surface area contributed by atoms with E-state index in [2.05, 4.69) is 6.07 Å². The smallest absolute Gasteiger partial charge is 0.0931 e. The molecule has 1 atom stereocenters. The van der Waals surface area contributed by atoms with Crippen molar-refractivity contribution in [2.45, 2.75) is 31.7 Å². The van der Waals surface area contributed by atoms with Crippen molar-refractivity contribution in [1.29, 1.82) is 0 Å². The van der Waals surface area contributed by atoms with E-state index < -0.39 is 0 Å². The summed E-state index contributed by atoms with van der Waals surface area (Å²) >= 11 is 7.49. The van der Waals surface area contributed by atoms with Crippen LogP contribution in [-0.4, -0.2) is 6.04 Å². The van der Waals surface area contributed by atoms with Gasteiger partial charge in [0, 0.05) is 10.9 Å². The molecule has 0 aliphatic heterocycles. The molecule has 2 N–H and O–H groups in total. The highest BCUT2D eigenvalue weighted by Crippen LogP contribution is 2.34. The standard InChI is InChI=1S/C10H14ClNS/c11-10-4-3-9(13-10)6-8(12)5-7-1-2-7/h3-4,7-8H,1-2,5-6,12H2. The zero-order chi connectivity index (χ0) is 9.26. The van der Waals surface area contributed by atoms with Crippen LogP contribution in [0.15, 0.2) is 12.1 Å². The van der Waals surface area contributed by atoms with Gasteiger partial charge in [-0.25, -0.2) is 0 Å². The number of nitrogens with two attached hydrogens (primary N) is 1. The van der Waals surface area contributed by atoms with Crippen molar-refractivity contribution in [2.75, 3.05) is 0 Å². The summed E-state index contributed by atoms with van der Waals surface area (Å²) in [6.45, 7) is 0. The Hall–Kier alpha value is -0.0500. The molecule has 1 saturated carbocycles. The van der Waals surface area contributed by atoms with Gasteiger partial charge in [-0.05, 0) is 30.9 Å². The van der Waals surface area contributed by atoms with Gasteiger partial charge in [0.2, 0.25) is 0 Å². The summed E-state index contributed by atoms with van der Waals surface area (Å²) in [6, 6.07) is 4.37. The Morgan fingerprint density at radius 2 is 2.31 bits per heavy atom. The Morgan fingerprint density at radius 1 is 1.54 bits per heavy atom. The van der Waals surface area contributed by atoms with Crippen LogP contribution in [0.5, 0.6) is 0 Å². The van der Waals surface area contributed by atoms with E-state index in [0.717, 1.165) is 16.7 Å². The zero-order valence-corrected chi connectivity index (χ0v) is 9.07. The van der Waals surface area contributed by atoms with Gasteiger partial charge in [-0.3, -0.25) is 0 Å². The molecular formula is C10H14ClNS. The average Bonchev–Trinajstić information content (AvgIpc) is 2.76. The molecule has 0 aromatic carbocycles. The quantitative estimate of drug-likeness (QED) is 0.821. The van der Waals surface area contributed by atoms with Crippen molar-refractivity contribution in [3.8, 4) is 0 Å². The van der Waals surface area contributed by atoms with Crippen LogP contribution < -0.4 is 5.73 Å². The van der Waals surface area contributed by atoms with E-state index in [1.54, 1.807) is 11.3 Å². The van der Waals surface area contributed by atoms with Gasteiger partial charge in [-0.2, -0.15) is 0 Å².